The van der Waals surface area contributed by atoms with Crippen LogP contribution in [-0.2, 0) is 22.6 Å². The first kappa shape index (κ1) is 25.1. The number of pyridine rings is 1. The van der Waals surface area contributed by atoms with E-state index in [0.29, 0.717) is 30.0 Å². The summed E-state index contributed by atoms with van der Waals surface area (Å²) in [6.07, 6.45) is 12.5. The summed E-state index contributed by atoms with van der Waals surface area (Å²) < 4.78 is 1.11. The minimum atomic E-state index is -0.0718. The van der Waals surface area contributed by atoms with Crippen LogP contribution >= 0.6 is 22.9 Å². The number of hydrogen-bond acceptors (Lipinski definition) is 6. The maximum absolute atomic E-state index is 13.4. The molecule has 8 heteroatoms. The van der Waals surface area contributed by atoms with Crippen molar-refractivity contribution in [2.75, 3.05) is 18.0 Å². The van der Waals surface area contributed by atoms with Crippen molar-refractivity contribution in [3.63, 3.8) is 0 Å². The monoisotopic (exact) mass is 586 g/mol. The van der Waals surface area contributed by atoms with Gasteiger partial charge in [0.2, 0.25) is 11.8 Å². The number of thiophene rings is 1. The van der Waals surface area contributed by atoms with Crippen molar-refractivity contribution in [3.05, 3.63) is 45.9 Å². The van der Waals surface area contributed by atoms with Gasteiger partial charge in [-0.05, 0) is 99.5 Å². The number of nitrogens with one attached hydrogen (secondary N) is 1. The molecule has 0 radical (unpaired) electrons. The van der Waals surface area contributed by atoms with Gasteiger partial charge in [0, 0.05) is 57.6 Å². The van der Waals surface area contributed by atoms with Crippen LogP contribution in [0, 0.1) is 23.7 Å². The smallest absolute Gasteiger partial charge is 0.233 e. The van der Waals surface area contributed by atoms with Crippen molar-refractivity contribution in [1.82, 2.24) is 15.2 Å². The molecule has 2 bridgehead atoms. The lowest BCUT2D eigenvalue weighted by Gasteiger charge is -2.41. The van der Waals surface area contributed by atoms with Crippen LogP contribution in [0.4, 0.5) is 5.69 Å². The molecular weight excluding hydrogens is 552 g/mol. The van der Waals surface area contributed by atoms with Gasteiger partial charge in [0.05, 0.1) is 28.6 Å². The van der Waals surface area contributed by atoms with Gasteiger partial charge in [-0.25, -0.2) is 0 Å². The summed E-state index contributed by atoms with van der Waals surface area (Å²) in [7, 11) is 0. The SMILES string of the molecule is O=C1[C@@H]2[C@H]3CC[C@H](C3)[C@@H]2C(=O)N1Cc1cc2nccc(-c3cc(Cl)cc4c3N(C3CNC5(CCC5)C3)CCC4)c2s1. The quantitative estimate of drug-likeness (QED) is 0.370. The molecule has 5 atom stereocenters. The highest BCUT2D eigenvalue weighted by atomic mass is 35.5. The predicted molar refractivity (Wildman–Crippen MR) is 162 cm³/mol. The van der Waals surface area contributed by atoms with Gasteiger partial charge in [0.1, 0.15) is 0 Å². The van der Waals surface area contributed by atoms with Crippen molar-refractivity contribution in [2.24, 2.45) is 23.7 Å². The molecule has 9 rings (SSSR count). The van der Waals surface area contributed by atoms with Gasteiger partial charge in [0.25, 0.3) is 0 Å². The van der Waals surface area contributed by atoms with Gasteiger partial charge < -0.3 is 10.2 Å². The Morgan fingerprint density at radius 1 is 1.05 bits per heavy atom. The fraction of sp³-hybridized carbons (Fsp3) is 0.545. The second-order valence-electron chi connectivity index (χ2n) is 13.6. The van der Waals surface area contributed by atoms with E-state index < -0.39 is 0 Å². The van der Waals surface area contributed by atoms with Gasteiger partial charge in [-0.3, -0.25) is 19.5 Å². The molecule has 2 amide bonds. The van der Waals surface area contributed by atoms with Crippen molar-refractivity contribution in [1.29, 1.82) is 0 Å². The average molecular weight is 587 g/mol. The van der Waals surface area contributed by atoms with E-state index in [-0.39, 0.29) is 23.7 Å². The maximum Gasteiger partial charge on any atom is 0.233 e. The minimum Gasteiger partial charge on any atom is -0.366 e. The molecule has 41 heavy (non-hydrogen) atoms. The molecule has 6 aliphatic rings. The van der Waals surface area contributed by atoms with Crippen molar-refractivity contribution >= 4 is 50.7 Å². The van der Waals surface area contributed by atoms with Crippen LogP contribution in [0.3, 0.4) is 0 Å². The third kappa shape index (κ3) is 3.67. The molecule has 3 aliphatic carbocycles. The summed E-state index contributed by atoms with van der Waals surface area (Å²) in [5.41, 5.74) is 6.28. The standard InChI is InChI=1S/C33H35ClN4O2S/c34-21-12-20-3-1-10-37(22-15-33(36-16-22)7-2-8-33)29(20)25(13-21)24-6-9-35-26-14-23(41-30(24)26)17-38-31(39)27-18-4-5-19(11-18)28(27)32(38)40/h6,9,12-14,18-19,22,27-28,36H,1-5,7-8,10-11,15-17H2/t18-,19+,22?,27+,28-. The number of aryl methyl sites for hydroxylation is 1. The van der Waals surface area contributed by atoms with E-state index in [2.05, 4.69) is 34.5 Å². The second-order valence-corrected chi connectivity index (χ2v) is 15.1. The Bertz CT molecular complexity index is 1590. The number of benzene rings is 1. The van der Waals surface area contributed by atoms with E-state index in [1.807, 2.05) is 6.20 Å². The number of nitrogens with zero attached hydrogens (tertiary/aromatic N) is 3. The number of imide groups is 1. The topological polar surface area (TPSA) is 65.5 Å². The number of anilines is 1. The molecule has 5 heterocycles. The van der Waals surface area contributed by atoms with Crippen molar-refractivity contribution < 1.29 is 9.59 Å². The van der Waals surface area contributed by atoms with Crippen LogP contribution in [0.2, 0.25) is 5.02 Å². The van der Waals surface area contributed by atoms with E-state index >= 15 is 0 Å². The number of hydrogen-bond donors (Lipinski definition) is 1. The lowest BCUT2D eigenvalue weighted by atomic mass is 9.75. The van der Waals surface area contributed by atoms with Gasteiger partial charge in [0.15, 0.2) is 0 Å². The summed E-state index contributed by atoms with van der Waals surface area (Å²) in [4.78, 5) is 36.8. The number of halogens is 1. The van der Waals surface area contributed by atoms with Crippen LogP contribution in [0.15, 0.2) is 30.5 Å². The molecule has 6 nitrogen and oxygen atoms in total. The Morgan fingerprint density at radius 3 is 2.59 bits per heavy atom. The highest BCUT2D eigenvalue weighted by molar-refractivity contribution is 7.19. The van der Waals surface area contributed by atoms with E-state index in [1.54, 1.807) is 16.2 Å². The Hall–Kier alpha value is -2.48. The summed E-state index contributed by atoms with van der Waals surface area (Å²) in [5.74, 6) is 0.801. The molecular formula is C33H35ClN4O2S. The summed E-state index contributed by atoms with van der Waals surface area (Å²) in [5, 5.41) is 4.66. The Kier molecular flexibility index (Phi) is 5.51. The molecule has 5 fully saturated rings. The largest absolute Gasteiger partial charge is 0.366 e. The number of carbonyl (C=O) groups is 2. The first-order chi connectivity index (χ1) is 20.0. The lowest BCUT2D eigenvalue weighted by Crippen LogP contribution is -2.46. The summed E-state index contributed by atoms with van der Waals surface area (Å²) >= 11 is 8.44. The highest BCUT2D eigenvalue weighted by Crippen LogP contribution is 2.56. The van der Waals surface area contributed by atoms with Crippen LogP contribution in [0.25, 0.3) is 21.3 Å². The molecule has 3 aliphatic heterocycles. The van der Waals surface area contributed by atoms with E-state index in [9.17, 15) is 9.59 Å². The zero-order valence-electron chi connectivity index (χ0n) is 23.2. The van der Waals surface area contributed by atoms with Crippen LogP contribution in [0.1, 0.15) is 61.8 Å². The molecule has 2 saturated heterocycles. The first-order valence-electron chi connectivity index (χ1n) is 15.6. The number of amides is 2. The average Bonchev–Trinajstić information content (AvgIpc) is 3.77. The highest BCUT2D eigenvalue weighted by Gasteiger charge is 2.60. The van der Waals surface area contributed by atoms with Gasteiger partial charge in [-0.2, -0.15) is 0 Å². The van der Waals surface area contributed by atoms with Crippen LogP contribution < -0.4 is 10.2 Å². The predicted octanol–water partition coefficient (Wildman–Crippen LogP) is 6.19. The minimum absolute atomic E-state index is 0.0619. The van der Waals surface area contributed by atoms with E-state index in [4.69, 9.17) is 16.6 Å². The number of aromatic nitrogens is 1. The molecule has 3 aromatic rings. The van der Waals surface area contributed by atoms with Gasteiger partial charge >= 0.3 is 0 Å². The molecule has 1 unspecified atom stereocenters. The zero-order chi connectivity index (χ0) is 27.5. The Morgan fingerprint density at radius 2 is 1.85 bits per heavy atom. The fourth-order valence-electron chi connectivity index (χ4n) is 9.50. The Balaban J connectivity index is 1.08. The van der Waals surface area contributed by atoms with Crippen LogP contribution in [-0.4, -0.2) is 46.4 Å². The van der Waals surface area contributed by atoms with Crippen molar-refractivity contribution in [2.45, 2.75) is 75.9 Å². The molecule has 212 valence electrons. The lowest BCUT2D eigenvalue weighted by molar-refractivity contribution is -0.141. The van der Waals surface area contributed by atoms with Crippen molar-refractivity contribution in [3.8, 4) is 11.1 Å². The third-order valence-corrected chi connectivity index (χ3v) is 12.8. The van der Waals surface area contributed by atoms with Gasteiger partial charge in [-0.15, -0.1) is 11.3 Å². The number of carbonyl (C=O) groups excluding carboxylic acids is 2. The van der Waals surface area contributed by atoms with E-state index in [0.717, 1.165) is 70.9 Å². The third-order valence-electron chi connectivity index (χ3n) is 11.5. The van der Waals surface area contributed by atoms with Crippen LogP contribution in [0.5, 0.6) is 0 Å². The molecule has 1 aromatic carbocycles. The molecule has 2 aromatic heterocycles. The fourth-order valence-corrected chi connectivity index (χ4v) is 10.9. The number of likely N-dealkylation sites (tertiary alicyclic amines) is 1. The summed E-state index contributed by atoms with van der Waals surface area (Å²) in [6.45, 7) is 2.47. The molecule has 1 N–H and O–H groups in total. The molecule has 3 saturated carbocycles. The number of rotatable bonds is 4. The second kappa shape index (κ2) is 9.01. The first-order valence-corrected chi connectivity index (χ1v) is 16.7. The Labute approximate surface area is 249 Å². The van der Waals surface area contributed by atoms with E-state index in [1.165, 1.54) is 42.5 Å². The normalized spacial score (nSPS) is 31.4. The van der Waals surface area contributed by atoms with Gasteiger partial charge in [-0.1, -0.05) is 11.6 Å². The number of fused-ring (bicyclic) bond motifs is 7. The summed E-state index contributed by atoms with van der Waals surface area (Å²) in [6, 6.07) is 9.01. The zero-order valence-corrected chi connectivity index (χ0v) is 24.8. The molecule has 1 spiro atoms. The maximum atomic E-state index is 13.4.